The molecule has 4 nitrogen and oxygen atoms in total. The molecule has 2 fully saturated rings. The lowest BCUT2D eigenvalue weighted by Gasteiger charge is -2.49. The number of nitrogens with two attached hydrogens (primary N) is 1. The summed E-state index contributed by atoms with van der Waals surface area (Å²) in [6.07, 6.45) is 6.62. The Morgan fingerprint density at radius 3 is 2.35 bits per heavy atom. The van der Waals surface area contributed by atoms with E-state index in [9.17, 15) is 4.79 Å². The average Bonchev–Trinajstić information content (AvgIpc) is 2.35. The molecule has 3 atom stereocenters. The fourth-order valence-electron chi connectivity index (χ4n) is 3.81. The minimum Gasteiger partial charge on any atom is -0.344 e. The first-order valence-corrected chi connectivity index (χ1v) is 8.04. The molecule has 2 aliphatic carbocycles. The van der Waals surface area contributed by atoms with E-state index in [1.54, 1.807) is 0 Å². The van der Waals surface area contributed by atoms with Crippen LogP contribution in [0, 0.1) is 11.8 Å². The molecular formula is C16H31N3O. The van der Waals surface area contributed by atoms with Gasteiger partial charge in [0.25, 0.3) is 0 Å². The molecule has 0 radical (unpaired) electrons. The molecule has 0 aliphatic heterocycles. The average molecular weight is 281 g/mol. The molecule has 0 heterocycles. The summed E-state index contributed by atoms with van der Waals surface area (Å²) in [5.41, 5.74) is 6.28. The SMILES string of the molecule is CC1CC(C(=O)N(C)CC2(N(C)C)CCC2)CCC1N. The van der Waals surface area contributed by atoms with E-state index in [-0.39, 0.29) is 17.5 Å². The first kappa shape index (κ1) is 15.8. The van der Waals surface area contributed by atoms with Crippen LogP contribution in [0.2, 0.25) is 0 Å². The van der Waals surface area contributed by atoms with E-state index < -0.39 is 0 Å². The van der Waals surface area contributed by atoms with Gasteiger partial charge >= 0.3 is 0 Å². The van der Waals surface area contributed by atoms with Crippen molar-refractivity contribution in [2.24, 2.45) is 17.6 Å². The molecule has 20 heavy (non-hydrogen) atoms. The molecule has 4 heteroatoms. The Morgan fingerprint density at radius 1 is 1.25 bits per heavy atom. The Balaban J connectivity index is 1.92. The van der Waals surface area contributed by atoms with E-state index in [0.717, 1.165) is 25.8 Å². The number of rotatable bonds is 4. The monoisotopic (exact) mass is 281 g/mol. The van der Waals surface area contributed by atoms with Gasteiger partial charge in [0.2, 0.25) is 5.91 Å². The first-order chi connectivity index (χ1) is 9.35. The number of likely N-dealkylation sites (N-methyl/N-ethyl adjacent to an activating group) is 2. The van der Waals surface area contributed by atoms with Crippen molar-refractivity contribution >= 4 is 5.91 Å². The molecule has 0 aromatic rings. The van der Waals surface area contributed by atoms with Crippen molar-refractivity contribution in [3.63, 3.8) is 0 Å². The van der Waals surface area contributed by atoms with E-state index >= 15 is 0 Å². The van der Waals surface area contributed by atoms with Crippen molar-refractivity contribution in [3.8, 4) is 0 Å². The number of amides is 1. The molecule has 0 aromatic heterocycles. The Kier molecular flexibility index (Phi) is 4.75. The number of carbonyl (C=O) groups excluding carboxylic acids is 1. The van der Waals surface area contributed by atoms with Gasteiger partial charge in [-0.3, -0.25) is 4.79 Å². The third-order valence-corrected chi connectivity index (χ3v) is 5.73. The maximum absolute atomic E-state index is 12.7. The summed E-state index contributed by atoms with van der Waals surface area (Å²) in [5, 5.41) is 0. The molecule has 0 saturated heterocycles. The standard InChI is InChI=1S/C16H31N3O/c1-12-10-13(6-7-14(12)17)15(20)19(4)11-16(18(2)3)8-5-9-16/h12-14H,5-11,17H2,1-4H3. The van der Waals surface area contributed by atoms with Crippen LogP contribution in [0.3, 0.4) is 0 Å². The van der Waals surface area contributed by atoms with Crippen LogP contribution in [0.5, 0.6) is 0 Å². The third kappa shape index (κ3) is 3.01. The number of nitrogens with zero attached hydrogens (tertiary/aromatic N) is 2. The van der Waals surface area contributed by atoms with E-state index in [0.29, 0.717) is 11.8 Å². The lowest BCUT2D eigenvalue weighted by molar-refractivity contribution is -0.138. The van der Waals surface area contributed by atoms with Crippen molar-refractivity contribution in [3.05, 3.63) is 0 Å². The van der Waals surface area contributed by atoms with Gasteiger partial charge in [-0.05, 0) is 58.5 Å². The number of hydrogen-bond acceptors (Lipinski definition) is 3. The summed E-state index contributed by atoms with van der Waals surface area (Å²) < 4.78 is 0. The van der Waals surface area contributed by atoms with Crippen LogP contribution >= 0.6 is 0 Å². The molecule has 2 saturated carbocycles. The smallest absolute Gasteiger partial charge is 0.225 e. The highest BCUT2D eigenvalue weighted by Crippen LogP contribution is 2.37. The summed E-state index contributed by atoms with van der Waals surface area (Å²) in [5.74, 6) is 0.989. The molecule has 2 aliphatic rings. The van der Waals surface area contributed by atoms with Crippen LogP contribution in [0.25, 0.3) is 0 Å². The maximum Gasteiger partial charge on any atom is 0.225 e. The van der Waals surface area contributed by atoms with Crippen molar-refractivity contribution in [1.29, 1.82) is 0 Å². The van der Waals surface area contributed by atoms with Gasteiger partial charge in [0, 0.05) is 31.1 Å². The molecule has 3 unspecified atom stereocenters. The Labute approximate surface area is 123 Å². The van der Waals surface area contributed by atoms with E-state index in [4.69, 9.17) is 5.73 Å². The second kappa shape index (κ2) is 6.02. The van der Waals surface area contributed by atoms with Gasteiger partial charge in [0.1, 0.15) is 0 Å². The fourth-order valence-corrected chi connectivity index (χ4v) is 3.81. The van der Waals surface area contributed by atoms with Gasteiger partial charge in [-0.2, -0.15) is 0 Å². The quantitative estimate of drug-likeness (QED) is 0.853. The largest absolute Gasteiger partial charge is 0.344 e. The molecule has 1 amide bonds. The molecule has 0 spiro atoms. The zero-order valence-electron chi connectivity index (χ0n) is 13.6. The van der Waals surface area contributed by atoms with E-state index in [1.165, 1.54) is 19.3 Å². The second-order valence-corrected chi connectivity index (χ2v) is 7.32. The number of carbonyl (C=O) groups is 1. The zero-order valence-corrected chi connectivity index (χ0v) is 13.6. The van der Waals surface area contributed by atoms with Crippen LogP contribution in [0.4, 0.5) is 0 Å². The molecule has 116 valence electrons. The van der Waals surface area contributed by atoms with Crippen molar-refractivity contribution in [2.75, 3.05) is 27.7 Å². The minimum absolute atomic E-state index is 0.189. The Hall–Kier alpha value is -0.610. The third-order valence-electron chi connectivity index (χ3n) is 5.73. The predicted octanol–water partition coefficient (Wildman–Crippen LogP) is 1.69. The summed E-state index contributed by atoms with van der Waals surface area (Å²) in [6.45, 7) is 3.05. The highest BCUT2D eigenvalue weighted by molar-refractivity contribution is 5.78. The second-order valence-electron chi connectivity index (χ2n) is 7.32. The van der Waals surface area contributed by atoms with Crippen LogP contribution in [0.1, 0.15) is 45.4 Å². The zero-order chi connectivity index (χ0) is 14.9. The van der Waals surface area contributed by atoms with Gasteiger partial charge in [0.15, 0.2) is 0 Å². The van der Waals surface area contributed by atoms with Crippen molar-refractivity contribution in [2.45, 2.75) is 57.0 Å². The van der Waals surface area contributed by atoms with E-state index in [1.807, 2.05) is 11.9 Å². The summed E-state index contributed by atoms with van der Waals surface area (Å²) in [7, 11) is 6.25. The van der Waals surface area contributed by atoms with Gasteiger partial charge in [0.05, 0.1) is 0 Å². The van der Waals surface area contributed by atoms with Gasteiger partial charge in [-0.25, -0.2) is 0 Å². The lowest BCUT2D eigenvalue weighted by atomic mass is 9.74. The summed E-state index contributed by atoms with van der Waals surface area (Å²) in [6, 6.07) is 0.282. The van der Waals surface area contributed by atoms with Gasteiger partial charge in [-0.1, -0.05) is 6.92 Å². The lowest BCUT2D eigenvalue weighted by Crippen LogP contribution is -2.58. The maximum atomic E-state index is 12.7. The molecule has 2 N–H and O–H groups in total. The highest BCUT2D eigenvalue weighted by atomic mass is 16.2. The van der Waals surface area contributed by atoms with Gasteiger partial charge < -0.3 is 15.5 Å². The van der Waals surface area contributed by atoms with Crippen LogP contribution in [0.15, 0.2) is 0 Å². The fraction of sp³-hybridized carbons (Fsp3) is 0.938. The summed E-state index contributed by atoms with van der Waals surface area (Å²) in [4.78, 5) is 16.9. The van der Waals surface area contributed by atoms with Gasteiger partial charge in [-0.15, -0.1) is 0 Å². The van der Waals surface area contributed by atoms with Crippen molar-refractivity contribution in [1.82, 2.24) is 9.80 Å². The Morgan fingerprint density at radius 2 is 1.90 bits per heavy atom. The first-order valence-electron chi connectivity index (χ1n) is 8.04. The van der Waals surface area contributed by atoms with Crippen LogP contribution in [-0.4, -0.2) is 55.0 Å². The Bertz CT molecular complexity index is 352. The van der Waals surface area contributed by atoms with E-state index in [2.05, 4.69) is 25.9 Å². The van der Waals surface area contributed by atoms with Crippen LogP contribution < -0.4 is 5.73 Å². The minimum atomic E-state index is 0.189. The topological polar surface area (TPSA) is 49.6 Å². The molecular weight excluding hydrogens is 250 g/mol. The molecule has 0 aromatic carbocycles. The summed E-state index contributed by atoms with van der Waals surface area (Å²) >= 11 is 0. The number of hydrogen-bond donors (Lipinski definition) is 1. The van der Waals surface area contributed by atoms with Crippen molar-refractivity contribution < 1.29 is 4.79 Å². The highest BCUT2D eigenvalue weighted by Gasteiger charge is 2.41. The normalized spacial score (nSPS) is 32.8. The molecule has 0 bridgehead atoms. The van der Waals surface area contributed by atoms with Crippen LogP contribution in [-0.2, 0) is 4.79 Å². The molecule has 2 rings (SSSR count). The predicted molar refractivity (Wildman–Crippen MR) is 82.4 cm³/mol.